The molecular formula is C24H26. The van der Waals surface area contributed by atoms with Gasteiger partial charge in [-0.05, 0) is 68.8 Å². The SMILES string of the molecule is CCC(C)c1ccc2c(c1C(C)CC)-c1cccc3cccc-2c13. The van der Waals surface area contributed by atoms with Crippen LogP contribution >= 0.6 is 0 Å². The van der Waals surface area contributed by atoms with E-state index < -0.39 is 0 Å². The summed E-state index contributed by atoms with van der Waals surface area (Å²) in [7, 11) is 0. The average Bonchev–Trinajstić information content (AvgIpc) is 2.96. The van der Waals surface area contributed by atoms with Gasteiger partial charge in [-0.1, -0.05) is 76.2 Å². The molecule has 0 heteroatoms. The van der Waals surface area contributed by atoms with Gasteiger partial charge < -0.3 is 0 Å². The first-order valence-corrected chi connectivity index (χ1v) is 9.36. The molecule has 0 heterocycles. The second-order valence-corrected chi connectivity index (χ2v) is 7.32. The van der Waals surface area contributed by atoms with Gasteiger partial charge in [0.15, 0.2) is 0 Å². The molecule has 0 amide bonds. The van der Waals surface area contributed by atoms with Gasteiger partial charge in [-0.2, -0.15) is 0 Å². The van der Waals surface area contributed by atoms with Gasteiger partial charge in [-0.15, -0.1) is 0 Å². The van der Waals surface area contributed by atoms with Gasteiger partial charge in [-0.3, -0.25) is 0 Å². The van der Waals surface area contributed by atoms with E-state index in [2.05, 4.69) is 76.2 Å². The summed E-state index contributed by atoms with van der Waals surface area (Å²) in [6.45, 7) is 9.38. The maximum atomic E-state index is 2.40. The summed E-state index contributed by atoms with van der Waals surface area (Å²) < 4.78 is 0. The molecule has 0 aromatic heterocycles. The quantitative estimate of drug-likeness (QED) is 0.365. The van der Waals surface area contributed by atoms with Crippen LogP contribution in [0.25, 0.3) is 33.0 Å². The molecule has 0 nitrogen and oxygen atoms in total. The summed E-state index contributed by atoms with van der Waals surface area (Å²) in [5, 5.41) is 2.81. The number of hydrogen-bond donors (Lipinski definition) is 0. The van der Waals surface area contributed by atoms with Gasteiger partial charge in [0.25, 0.3) is 0 Å². The summed E-state index contributed by atoms with van der Waals surface area (Å²) in [5.74, 6) is 1.20. The molecule has 0 spiro atoms. The normalized spacial score (nSPS) is 14.7. The molecule has 0 bridgehead atoms. The van der Waals surface area contributed by atoms with Crippen LogP contribution in [-0.4, -0.2) is 0 Å². The van der Waals surface area contributed by atoms with Crippen LogP contribution in [0, 0.1) is 0 Å². The van der Waals surface area contributed by atoms with E-state index in [0.29, 0.717) is 11.8 Å². The summed E-state index contributed by atoms with van der Waals surface area (Å²) >= 11 is 0. The number of hydrogen-bond acceptors (Lipinski definition) is 0. The molecule has 0 aliphatic heterocycles. The molecule has 0 saturated carbocycles. The lowest BCUT2D eigenvalue weighted by Gasteiger charge is -2.23. The summed E-state index contributed by atoms with van der Waals surface area (Å²) in [6, 6.07) is 18.3. The maximum Gasteiger partial charge on any atom is -0.00263 e. The third-order valence-electron chi connectivity index (χ3n) is 5.99. The van der Waals surface area contributed by atoms with E-state index in [1.54, 1.807) is 11.1 Å². The highest BCUT2D eigenvalue weighted by atomic mass is 14.3. The highest BCUT2D eigenvalue weighted by Gasteiger charge is 2.27. The molecule has 0 N–H and O–H groups in total. The molecule has 2 unspecified atom stereocenters. The first kappa shape index (κ1) is 15.4. The Morgan fingerprint density at radius 3 is 2.04 bits per heavy atom. The zero-order valence-corrected chi connectivity index (χ0v) is 15.2. The van der Waals surface area contributed by atoms with Crippen molar-refractivity contribution in [3.8, 4) is 22.3 Å². The Bertz CT molecular complexity index is 911. The van der Waals surface area contributed by atoms with Crippen LogP contribution in [-0.2, 0) is 0 Å². The van der Waals surface area contributed by atoms with E-state index in [0.717, 1.165) is 0 Å². The highest BCUT2D eigenvalue weighted by Crippen LogP contribution is 2.52. The van der Waals surface area contributed by atoms with Gasteiger partial charge >= 0.3 is 0 Å². The molecule has 24 heavy (non-hydrogen) atoms. The third kappa shape index (κ3) is 2.05. The second kappa shape index (κ2) is 5.77. The van der Waals surface area contributed by atoms with Crippen LogP contribution in [0.2, 0.25) is 0 Å². The van der Waals surface area contributed by atoms with Crippen molar-refractivity contribution in [1.82, 2.24) is 0 Å². The van der Waals surface area contributed by atoms with E-state index >= 15 is 0 Å². The second-order valence-electron chi connectivity index (χ2n) is 7.32. The molecule has 0 radical (unpaired) electrons. The monoisotopic (exact) mass is 314 g/mol. The predicted molar refractivity (Wildman–Crippen MR) is 106 cm³/mol. The fourth-order valence-corrected chi connectivity index (χ4v) is 4.31. The molecular weight excluding hydrogens is 288 g/mol. The minimum atomic E-state index is 0.591. The van der Waals surface area contributed by atoms with Crippen LogP contribution in [0.4, 0.5) is 0 Å². The molecule has 2 atom stereocenters. The largest absolute Gasteiger partial charge is 0.0648 e. The summed E-state index contributed by atoms with van der Waals surface area (Å²) in [4.78, 5) is 0. The minimum Gasteiger partial charge on any atom is -0.0648 e. The van der Waals surface area contributed by atoms with Crippen molar-refractivity contribution < 1.29 is 0 Å². The minimum absolute atomic E-state index is 0.591. The Hall–Kier alpha value is -2.08. The van der Waals surface area contributed by atoms with Crippen molar-refractivity contribution >= 4 is 10.8 Å². The maximum absolute atomic E-state index is 2.40. The van der Waals surface area contributed by atoms with Crippen molar-refractivity contribution in [2.75, 3.05) is 0 Å². The first-order valence-electron chi connectivity index (χ1n) is 9.36. The third-order valence-corrected chi connectivity index (χ3v) is 5.99. The van der Waals surface area contributed by atoms with Crippen LogP contribution in [0.3, 0.4) is 0 Å². The van der Waals surface area contributed by atoms with Gasteiger partial charge in [0, 0.05) is 0 Å². The number of rotatable bonds is 4. The average molecular weight is 314 g/mol. The van der Waals surface area contributed by atoms with E-state index in [1.807, 2.05) is 0 Å². The van der Waals surface area contributed by atoms with Crippen molar-refractivity contribution in [3.05, 3.63) is 59.7 Å². The standard InChI is InChI=1S/C24H26/c1-5-15(3)18-13-14-20-19-11-7-9-17-10-8-12-21(23(17)19)24(20)22(18)16(4)6-2/h7-16H,5-6H2,1-4H3. The lowest BCUT2D eigenvalue weighted by atomic mass is 9.81. The Balaban J connectivity index is 2.11. The van der Waals surface area contributed by atoms with Crippen LogP contribution in [0.15, 0.2) is 48.5 Å². The van der Waals surface area contributed by atoms with E-state index in [-0.39, 0.29) is 0 Å². The molecule has 1 aliphatic rings. The lowest BCUT2D eigenvalue weighted by Crippen LogP contribution is -2.04. The van der Waals surface area contributed by atoms with Crippen molar-refractivity contribution in [1.29, 1.82) is 0 Å². The molecule has 1 aliphatic carbocycles. The molecule has 0 fully saturated rings. The van der Waals surface area contributed by atoms with Crippen LogP contribution in [0.1, 0.15) is 63.5 Å². The predicted octanol–water partition coefficient (Wildman–Crippen LogP) is 7.51. The van der Waals surface area contributed by atoms with Gasteiger partial charge in [0.05, 0.1) is 0 Å². The van der Waals surface area contributed by atoms with Gasteiger partial charge in [0.2, 0.25) is 0 Å². The Kier molecular flexibility index (Phi) is 3.72. The van der Waals surface area contributed by atoms with Crippen LogP contribution in [0.5, 0.6) is 0 Å². The molecule has 0 saturated heterocycles. The van der Waals surface area contributed by atoms with E-state index in [9.17, 15) is 0 Å². The van der Waals surface area contributed by atoms with Crippen molar-refractivity contribution in [2.24, 2.45) is 0 Å². The molecule has 3 aromatic carbocycles. The fraction of sp³-hybridized carbons (Fsp3) is 0.333. The fourth-order valence-electron chi connectivity index (χ4n) is 4.31. The molecule has 4 rings (SSSR count). The van der Waals surface area contributed by atoms with E-state index in [1.165, 1.54) is 45.9 Å². The summed E-state index contributed by atoms with van der Waals surface area (Å²) in [5.41, 5.74) is 8.94. The number of fused-ring (bicyclic) bond motifs is 3. The van der Waals surface area contributed by atoms with Crippen molar-refractivity contribution in [3.63, 3.8) is 0 Å². The first-order chi connectivity index (χ1) is 11.7. The van der Waals surface area contributed by atoms with Gasteiger partial charge in [0.1, 0.15) is 0 Å². The topological polar surface area (TPSA) is 0 Å². The molecule has 122 valence electrons. The zero-order chi connectivity index (χ0) is 16.8. The Morgan fingerprint density at radius 2 is 1.38 bits per heavy atom. The van der Waals surface area contributed by atoms with Crippen molar-refractivity contribution in [2.45, 2.75) is 52.4 Å². The van der Waals surface area contributed by atoms with Crippen LogP contribution < -0.4 is 0 Å². The Morgan fingerprint density at radius 1 is 0.708 bits per heavy atom. The smallest absolute Gasteiger partial charge is 0.00263 e. The van der Waals surface area contributed by atoms with Gasteiger partial charge in [-0.25, -0.2) is 0 Å². The Labute approximate surface area is 145 Å². The molecule has 3 aromatic rings. The number of benzene rings is 3. The lowest BCUT2D eigenvalue weighted by molar-refractivity contribution is 0.678. The summed E-state index contributed by atoms with van der Waals surface area (Å²) in [6.07, 6.45) is 2.38. The van der Waals surface area contributed by atoms with E-state index in [4.69, 9.17) is 0 Å². The highest BCUT2D eigenvalue weighted by molar-refractivity contribution is 6.16. The zero-order valence-electron chi connectivity index (χ0n) is 15.2.